The minimum absolute atomic E-state index is 0.00554. The van der Waals surface area contributed by atoms with Crippen molar-refractivity contribution in [3.8, 4) is 11.6 Å². The molecule has 144 valence electrons. The van der Waals surface area contributed by atoms with E-state index in [0.717, 1.165) is 30.7 Å². The second-order valence-corrected chi connectivity index (χ2v) is 6.86. The van der Waals surface area contributed by atoms with E-state index in [2.05, 4.69) is 15.0 Å². The number of nitrogens with one attached hydrogen (secondary N) is 1. The lowest BCUT2D eigenvalue weighted by molar-refractivity contribution is 0.159. The maximum atomic E-state index is 12.4. The number of hydrogen-bond acceptors (Lipinski definition) is 6. The summed E-state index contributed by atoms with van der Waals surface area (Å²) in [7, 11) is 2.04. The molecule has 0 atom stereocenters. The molecule has 0 amide bonds. The molecule has 1 aromatic carbocycles. The van der Waals surface area contributed by atoms with Crippen molar-refractivity contribution in [3.63, 3.8) is 0 Å². The first-order valence-corrected chi connectivity index (χ1v) is 9.14. The van der Waals surface area contributed by atoms with Gasteiger partial charge in [0.2, 0.25) is 5.88 Å². The Bertz CT molecular complexity index is 956. The number of halogens is 1. The molecule has 2 N–H and O–H groups in total. The van der Waals surface area contributed by atoms with Crippen molar-refractivity contribution < 1.29 is 5.11 Å². The number of benzene rings is 1. The molecule has 0 bridgehead atoms. The van der Waals surface area contributed by atoms with Gasteiger partial charge in [-0.15, -0.1) is 0 Å². The first-order chi connectivity index (χ1) is 12.9. The summed E-state index contributed by atoms with van der Waals surface area (Å²) in [5.74, 6) is -0.430. The first-order valence-electron chi connectivity index (χ1n) is 8.76. The molecule has 1 saturated heterocycles. The molecule has 8 nitrogen and oxygen atoms in total. The van der Waals surface area contributed by atoms with E-state index >= 15 is 0 Å². The van der Waals surface area contributed by atoms with Crippen LogP contribution >= 0.6 is 11.6 Å². The summed E-state index contributed by atoms with van der Waals surface area (Å²) in [5.41, 5.74) is -0.544. The van der Waals surface area contributed by atoms with E-state index in [1.165, 1.54) is 0 Å². The van der Waals surface area contributed by atoms with E-state index in [4.69, 9.17) is 11.6 Å². The van der Waals surface area contributed by atoms with Crippen molar-refractivity contribution in [1.82, 2.24) is 19.5 Å². The Morgan fingerprint density at radius 1 is 1.19 bits per heavy atom. The second-order valence-electron chi connectivity index (χ2n) is 6.43. The highest BCUT2D eigenvalue weighted by atomic mass is 35.5. The van der Waals surface area contributed by atoms with Crippen molar-refractivity contribution in [2.45, 2.75) is 13.3 Å². The standard InChI is InChI=1S/C18H22ClN5O3/c1-3-14(21-23-10-8-22(2)9-11-23)15-16(25)20-18(27)24(17(15)26)13-6-4-12(19)5-7-13/h4-7,26H,3,8-11H2,1-2H3,(H,20,25,27)/b21-14+. The zero-order valence-corrected chi connectivity index (χ0v) is 16.0. The normalized spacial score (nSPS) is 16.0. The molecule has 0 unspecified atom stereocenters. The van der Waals surface area contributed by atoms with E-state index in [1.54, 1.807) is 24.3 Å². The lowest BCUT2D eigenvalue weighted by atomic mass is 10.1. The van der Waals surface area contributed by atoms with E-state index in [-0.39, 0.29) is 5.56 Å². The Labute approximate surface area is 161 Å². The number of nitrogens with zero attached hydrogens (tertiary/aromatic N) is 4. The van der Waals surface area contributed by atoms with E-state index in [0.29, 0.717) is 22.8 Å². The SMILES string of the molecule is CC/C(=N\N1CCN(C)CC1)c1c(O)n(-c2ccc(Cl)cc2)c(=O)[nH]c1=O. The van der Waals surface area contributed by atoms with Gasteiger partial charge in [-0.1, -0.05) is 18.5 Å². The smallest absolute Gasteiger partial charge is 0.335 e. The number of piperazine rings is 1. The molecule has 3 rings (SSSR count). The topological polar surface area (TPSA) is 93.9 Å². The number of rotatable bonds is 4. The van der Waals surface area contributed by atoms with Crippen LogP contribution in [0.5, 0.6) is 5.88 Å². The highest BCUT2D eigenvalue weighted by Crippen LogP contribution is 2.20. The summed E-state index contributed by atoms with van der Waals surface area (Å²) in [4.78, 5) is 29.2. The van der Waals surface area contributed by atoms with Crippen LogP contribution in [-0.4, -0.2) is 63.5 Å². The van der Waals surface area contributed by atoms with Crippen molar-refractivity contribution in [2.24, 2.45) is 5.10 Å². The van der Waals surface area contributed by atoms with Gasteiger partial charge in [0, 0.05) is 31.2 Å². The maximum Gasteiger partial charge on any atom is 0.335 e. The van der Waals surface area contributed by atoms with Gasteiger partial charge in [0.05, 0.1) is 11.4 Å². The Morgan fingerprint density at radius 3 is 2.41 bits per heavy atom. The summed E-state index contributed by atoms with van der Waals surface area (Å²) in [5, 5.41) is 17.7. The van der Waals surface area contributed by atoms with E-state index < -0.39 is 17.1 Å². The summed E-state index contributed by atoms with van der Waals surface area (Å²) in [6.45, 7) is 5.05. The van der Waals surface area contributed by atoms with Gasteiger partial charge in [-0.05, 0) is 37.7 Å². The molecule has 0 aliphatic carbocycles. The fourth-order valence-electron chi connectivity index (χ4n) is 2.98. The summed E-state index contributed by atoms with van der Waals surface area (Å²) in [6, 6.07) is 6.39. The molecule has 9 heteroatoms. The van der Waals surface area contributed by atoms with Crippen molar-refractivity contribution in [2.75, 3.05) is 33.2 Å². The number of likely N-dealkylation sites (N-methyl/N-ethyl adjacent to an activating group) is 1. The Balaban J connectivity index is 2.09. The number of hydrogen-bond donors (Lipinski definition) is 2. The molecule has 0 saturated carbocycles. The number of aromatic amines is 1. The van der Waals surface area contributed by atoms with Gasteiger partial charge in [0.15, 0.2) is 0 Å². The van der Waals surface area contributed by atoms with Gasteiger partial charge in [0.25, 0.3) is 5.56 Å². The lowest BCUT2D eigenvalue weighted by Crippen LogP contribution is -2.42. The molecular weight excluding hydrogens is 370 g/mol. The third-order valence-corrected chi connectivity index (χ3v) is 4.79. The molecule has 1 aromatic heterocycles. The van der Waals surface area contributed by atoms with Gasteiger partial charge >= 0.3 is 5.69 Å². The first kappa shape index (κ1) is 19.2. The molecule has 27 heavy (non-hydrogen) atoms. The fourth-order valence-corrected chi connectivity index (χ4v) is 3.10. The molecule has 1 aliphatic rings. The quantitative estimate of drug-likeness (QED) is 0.765. The molecule has 0 spiro atoms. The van der Waals surface area contributed by atoms with Gasteiger partial charge < -0.3 is 10.0 Å². The van der Waals surface area contributed by atoms with E-state index in [1.807, 2.05) is 19.0 Å². The minimum atomic E-state index is -0.723. The third kappa shape index (κ3) is 4.06. The minimum Gasteiger partial charge on any atom is -0.493 e. The van der Waals surface area contributed by atoms with Crippen LogP contribution in [0, 0.1) is 0 Å². The molecule has 2 aromatic rings. The van der Waals surface area contributed by atoms with Crippen LogP contribution < -0.4 is 11.2 Å². The molecule has 1 aliphatic heterocycles. The van der Waals surface area contributed by atoms with Crippen LogP contribution in [0.15, 0.2) is 39.0 Å². The number of hydrazone groups is 1. The molecule has 1 fully saturated rings. The zero-order chi connectivity index (χ0) is 19.6. The third-order valence-electron chi connectivity index (χ3n) is 4.54. The highest BCUT2D eigenvalue weighted by molar-refractivity contribution is 6.30. The van der Waals surface area contributed by atoms with Gasteiger partial charge in [-0.25, -0.2) is 9.36 Å². The number of aromatic nitrogens is 2. The van der Waals surface area contributed by atoms with Gasteiger partial charge in [0.1, 0.15) is 5.56 Å². The van der Waals surface area contributed by atoms with Crippen LogP contribution in [0.3, 0.4) is 0 Å². The zero-order valence-electron chi connectivity index (χ0n) is 15.3. The largest absolute Gasteiger partial charge is 0.493 e. The van der Waals surface area contributed by atoms with E-state index in [9.17, 15) is 14.7 Å². The monoisotopic (exact) mass is 391 g/mol. The van der Waals surface area contributed by atoms with Crippen LogP contribution in [0.1, 0.15) is 18.9 Å². The fraction of sp³-hybridized carbons (Fsp3) is 0.389. The Kier molecular flexibility index (Phi) is 5.67. The summed E-state index contributed by atoms with van der Waals surface area (Å²) < 4.78 is 1.04. The van der Waals surface area contributed by atoms with Crippen LogP contribution in [-0.2, 0) is 0 Å². The number of aromatic hydroxyl groups is 1. The average Bonchev–Trinajstić information content (AvgIpc) is 2.63. The Morgan fingerprint density at radius 2 is 1.81 bits per heavy atom. The molecule has 2 heterocycles. The maximum absolute atomic E-state index is 12.4. The van der Waals surface area contributed by atoms with Crippen LogP contribution in [0.25, 0.3) is 5.69 Å². The lowest BCUT2D eigenvalue weighted by Gasteiger charge is -2.31. The number of H-pyrrole nitrogens is 1. The molecule has 0 radical (unpaired) electrons. The predicted octanol–water partition coefficient (Wildman–Crippen LogP) is 1.25. The highest BCUT2D eigenvalue weighted by Gasteiger charge is 2.21. The second kappa shape index (κ2) is 7.98. The van der Waals surface area contributed by atoms with Crippen molar-refractivity contribution in [1.29, 1.82) is 0 Å². The predicted molar refractivity (Wildman–Crippen MR) is 105 cm³/mol. The van der Waals surface area contributed by atoms with Gasteiger partial charge in [-0.3, -0.25) is 14.8 Å². The van der Waals surface area contributed by atoms with Gasteiger partial charge in [-0.2, -0.15) is 5.10 Å². The van der Waals surface area contributed by atoms with Crippen LogP contribution in [0.2, 0.25) is 5.02 Å². The Hall–Kier alpha value is -2.58. The summed E-state index contributed by atoms with van der Waals surface area (Å²) in [6.07, 6.45) is 0.432. The summed E-state index contributed by atoms with van der Waals surface area (Å²) >= 11 is 5.89. The average molecular weight is 392 g/mol. The van der Waals surface area contributed by atoms with Crippen molar-refractivity contribution in [3.05, 3.63) is 55.7 Å². The van der Waals surface area contributed by atoms with Crippen molar-refractivity contribution >= 4 is 17.3 Å². The van der Waals surface area contributed by atoms with Crippen LogP contribution in [0.4, 0.5) is 0 Å². The molecular formula is C18H22ClN5O3.